The molecule has 4 rings (SSSR count). The number of amides is 4. The number of fused-ring (bicyclic) bond motifs is 1. The number of carbonyl (C=O) groups is 4. The summed E-state index contributed by atoms with van der Waals surface area (Å²) < 4.78 is 0. The minimum atomic E-state index is -0.958. The molecule has 3 aliphatic rings. The highest BCUT2D eigenvalue weighted by molar-refractivity contribution is 6.23. The molecule has 0 bridgehead atoms. The average molecular weight is 414 g/mol. The molecule has 1 unspecified atom stereocenters. The molecule has 4 N–H and O–H groups in total. The van der Waals surface area contributed by atoms with E-state index in [1.165, 1.54) is 0 Å². The number of carbonyl (C=O) groups excluding carboxylic acids is 4. The van der Waals surface area contributed by atoms with E-state index in [1.807, 2.05) is 6.07 Å². The van der Waals surface area contributed by atoms with Crippen molar-refractivity contribution in [2.45, 2.75) is 50.3 Å². The van der Waals surface area contributed by atoms with Crippen LogP contribution in [0.3, 0.4) is 0 Å². The fraction of sp³-hybridized carbons (Fsp3) is 0.524. The molecule has 1 aromatic carbocycles. The Morgan fingerprint density at radius 3 is 2.47 bits per heavy atom. The van der Waals surface area contributed by atoms with Gasteiger partial charge in [-0.3, -0.25) is 34.3 Å². The van der Waals surface area contributed by atoms with Crippen molar-refractivity contribution < 1.29 is 24.3 Å². The lowest BCUT2D eigenvalue weighted by Crippen LogP contribution is -2.54. The van der Waals surface area contributed by atoms with E-state index < -0.39 is 35.3 Å². The first-order valence-electron chi connectivity index (χ1n) is 10.3. The second-order valence-electron chi connectivity index (χ2n) is 8.37. The first-order valence-corrected chi connectivity index (χ1v) is 10.3. The van der Waals surface area contributed by atoms with E-state index in [-0.39, 0.29) is 18.4 Å². The predicted molar refractivity (Wildman–Crippen MR) is 106 cm³/mol. The Kier molecular flexibility index (Phi) is 5.44. The number of piperidine rings is 2. The van der Waals surface area contributed by atoms with E-state index in [0.29, 0.717) is 37.9 Å². The van der Waals surface area contributed by atoms with Gasteiger partial charge in [-0.25, -0.2) is 0 Å². The van der Waals surface area contributed by atoms with Crippen molar-refractivity contribution in [3.05, 3.63) is 34.9 Å². The van der Waals surface area contributed by atoms with Gasteiger partial charge in [0.05, 0.1) is 16.7 Å². The van der Waals surface area contributed by atoms with E-state index >= 15 is 0 Å². The molecule has 30 heavy (non-hydrogen) atoms. The molecule has 4 amide bonds. The van der Waals surface area contributed by atoms with Gasteiger partial charge in [-0.1, -0.05) is 6.07 Å². The number of aliphatic hydroxyl groups is 1. The number of benzene rings is 1. The second-order valence-corrected chi connectivity index (χ2v) is 8.37. The molecule has 0 aliphatic carbocycles. The smallest absolute Gasteiger partial charge is 0.262 e. The minimum absolute atomic E-state index is 0.0977. The van der Waals surface area contributed by atoms with Gasteiger partial charge in [0.2, 0.25) is 11.8 Å². The van der Waals surface area contributed by atoms with E-state index in [4.69, 9.17) is 5.73 Å². The number of hydrogen-bond donors (Lipinski definition) is 3. The van der Waals surface area contributed by atoms with Crippen LogP contribution in [0.5, 0.6) is 0 Å². The lowest BCUT2D eigenvalue weighted by atomic mass is 9.88. The van der Waals surface area contributed by atoms with Crippen LogP contribution in [-0.2, 0) is 16.1 Å². The van der Waals surface area contributed by atoms with Gasteiger partial charge in [-0.05, 0) is 49.9 Å². The van der Waals surface area contributed by atoms with Gasteiger partial charge in [-0.15, -0.1) is 0 Å². The summed E-state index contributed by atoms with van der Waals surface area (Å²) in [7, 11) is 0. The van der Waals surface area contributed by atoms with Crippen LogP contribution in [0, 0.1) is 0 Å². The number of likely N-dealkylation sites (tertiary alicyclic amines) is 1. The molecule has 160 valence electrons. The fourth-order valence-corrected chi connectivity index (χ4v) is 4.52. The molecule has 0 aromatic heterocycles. The van der Waals surface area contributed by atoms with Crippen molar-refractivity contribution in [1.82, 2.24) is 15.1 Å². The molecule has 0 spiro atoms. The Hall–Kier alpha value is -2.62. The van der Waals surface area contributed by atoms with Crippen LogP contribution in [-0.4, -0.2) is 69.8 Å². The van der Waals surface area contributed by atoms with E-state index in [0.717, 1.165) is 23.6 Å². The molecule has 2 fully saturated rings. The molecule has 0 saturated carbocycles. The van der Waals surface area contributed by atoms with Gasteiger partial charge in [-0.2, -0.15) is 0 Å². The number of hydrogen-bond acceptors (Lipinski definition) is 7. The zero-order chi connectivity index (χ0) is 21.5. The summed E-state index contributed by atoms with van der Waals surface area (Å²) in [5, 5.41) is 12.7. The van der Waals surface area contributed by atoms with Crippen molar-refractivity contribution in [3.8, 4) is 0 Å². The van der Waals surface area contributed by atoms with E-state index in [2.05, 4.69) is 10.2 Å². The Morgan fingerprint density at radius 2 is 1.80 bits per heavy atom. The summed E-state index contributed by atoms with van der Waals surface area (Å²) in [6.07, 6.45) is 2.13. The Labute approximate surface area is 174 Å². The molecule has 9 heteroatoms. The van der Waals surface area contributed by atoms with Crippen LogP contribution in [0.25, 0.3) is 0 Å². The molecular weight excluding hydrogens is 388 g/mol. The van der Waals surface area contributed by atoms with Crippen molar-refractivity contribution in [3.63, 3.8) is 0 Å². The van der Waals surface area contributed by atoms with Gasteiger partial charge < -0.3 is 10.8 Å². The van der Waals surface area contributed by atoms with Crippen molar-refractivity contribution in [1.29, 1.82) is 0 Å². The number of nitrogens with two attached hydrogens (primary N) is 1. The first-order chi connectivity index (χ1) is 14.3. The first kappa shape index (κ1) is 20.6. The second kappa shape index (κ2) is 7.90. The van der Waals surface area contributed by atoms with Crippen molar-refractivity contribution >= 4 is 23.6 Å². The normalized spacial score (nSPS) is 24.2. The maximum atomic E-state index is 12.9. The monoisotopic (exact) mass is 414 g/mol. The van der Waals surface area contributed by atoms with E-state index in [1.54, 1.807) is 12.1 Å². The zero-order valence-corrected chi connectivity index (χ0v) is 16.7. The number of imide groups is 2. The largest absolute Gasteiger partial charge is 0.390 e. The summed E-state index contributed by atoms with van der Waals surface area (Å²) in [4.78, 5) is 52.4. The highest BCUT2D eigenvalue weighted by atomic mass is 16.3. The SMILES string of the molecule is NCCC1(O)CCN(Cc2ccc3c(c2)C(=O)N(C2CCC(=O)NC2=O)C3=O)CC1. The summed E-state index contributed by atoms with van der Waals surface area (Å²) >= 11 is 0. The predicted octanol–water partition coefficient (Wildman–Crippen LogP) is -0.236. The lowest BCUT2D eigenvalue weighted by molar-refractivity contribution is -0.136. The maximum absolute atomic E-state index is 12.9. The summed E-state index contributed by atoms with van der Waals surface area (Å²) in [6.45, 7) is 2.51. The number of rotatable bonds is 5. The third-order valence-electron chi connectivity index (χ3n) is 6.31. The van der Waals surface area contributed by atoms with Crippen LogP contribution in [0.2, 0.25) is 0 Å². The van der Waals surface area contributed by atoms with Crippen molar-refractivity contribution in [2.75, 3.05) is 19.6 Å². The highest BCUT2D eigenvalue weighted by Gasteiger charge is 2.44. The van der Waals surface area contributed by atoms with Crippen LogP contribution in [0.1, 0.15) is 58.4 Å². The average Bonchev–Trinajstić information content (AvgIpc) is 2.95. The quantitative estimate of drug-likeness (QED) is 0.567. The Morgan fingerprint density at radius 1 is 1.10 bits per heavy atom. The standard InChI is InChI=1S/C21H26N4O5/c22-8-5-21(30)6-9-24(10-7-21)12-13-1-2-14-15(11-13)20(29)25(19(14)28)16-3-4-17(26)23-18(16)27/h1-2,11,16,30H,3-10,12,22H2,(H,23,26,27). The van der Waals surface area contributed by atoms with Crippen LogP contribution < -0.4 is 11.1 Å². The molecular formula is C21H26N4O5. The van der Waals surface area contributed by atoms with Crippen molar-refractivity contribution in [2.24, 2.45) is 5.73 Å². The Bertz CT molecular complexity index is 907. The summed E-state index contributed by atoms with van der Waals surface area (Å²) in [6, 6.07) is 4.20. The summed E-state index contributed by atoms with van der Waals surface area (Å²) in [5.41, 5.74) is 6.35. The van der Waals surface area contributed by atoms with Gasteiger partial charge in [0.15, 0.2) is 0 Å². The van der Waals surface area contributed by atoms with Gasteiger partial charge in [0, 0.05) is 26.1 Å². The van der Waals surface area contributed by atoms with Crippen LogP contribution in [0.4, 0.5) is 0 Å². The minimum Gasteiger partial charge on any atom is -0.390 e. The highest BCUT2D eigenvalue weighted by Crippen LogP contribution is 2.30. The van der Waals surface area contributed by atoms with Crippen LogP contribution in [0.15, 0.2) is 18.2 Å². The molecule has 2 saturated heterocycles. The van der Waals surface area contributed by atoms with Gasteiger partial charge >= 0.3 is 0 Å². The van der Waals surface area contributed by atoms with E-state index in [9.17, 15) is 24.3 Å². The molecule has 3 heterocycles. The maximum Gasteiger partial charge on any atom is 0.262 e. The zero-order valence-electron chi connectivity index (χ0n) is 16.7. The Balaban J connectivity index is 1.46. The fourth-order valence-electron chi connectivity index (χ4n) is 4.52. The third-order valence-corrected chi connectivity index (χ3v) is 6.31. The third kappa shape index (κ3) is 3.76. The summed E-state index contributed by atoms with van der Waals surface area (Å²) in [5.74, 6) is -2.00. The molecule has 1 atom stereocenters. The number of nitrogens with zero attached hydrogens (tertiary/aromatic N) is 2. The molecule has 0 radical (unpaired) electrons. The van der Waals surface area contributed by atoms with Gasteiger partial charge in [0.25, 0.3) is 11.8 Å². The number of nitrogens with one attached hydrogen (secondary N) is 1. The topological polar surface area (TPSA) is 133 Å². The lowest BCUT2D eigenvalue weighted by Gasteiger charge is -2.38. The molecule has 3 aliphatic heterocycles. The van der Waals surface area contributed by atoms with Gasteiger partial charge in [0.1, 0.15) is 6.04 Å². The molecule has 9 nitrogen and oxygen atoms in total. The molecule has 1 aromatic rings. The van der Waals surface area contributed by atoms with Crippen LogP contribution >= 0.6 is 0 Å².